The summed E-state index contributed by atoms with van der Waals surface area (Å²) in [6.07, 6.45) is 0. The molecule has 0 saturated heterocycles. The van der Waals surface area contributed by atoms with Gasteiger partial charge in [-0.05, 0) is 29.8 Å². The van der Waals surface area contributed by atoms with Gasteiger partial charge < -0.3 is 4.74 Å². The molecule has 2 rings (SSSR count). The van der Waals surface area contributed by atoms with Gasteiger partial charge in [-0.15, -0.1) is 0 Å². The van der Waals surface area contributed by atoms with E-state index in [1.807, 2.05) is 44.2 Å². The SMILES string of the molecule is COc1ccc(S(=O)(=O)NCC(C)(C)c2ccccc2)cc1. The average Bonchev–Trinajstić information content (AvgIpc) is 2.54. The summed E-state index contributed by atoms with van der Waals surface area (Å²) in [7, 11) is -1.99. The highest BCUT2D eigenvalue weighted by Gasteiger charge is 2.24. The largest absolute Gasteiger partial charge is 0.497 e. The van der Waals surface area contributed by atoms with Crippen molar-refractivity contribution in [2.24, 2.45) is 0 Å². The second-order valence-electron chi connectivity index (χ2n) is 5.75. The van der Waals surface area contributed by atoms with Gasteiger partial charge in [-0.25, -0.2) is 13.1 Å². The zero-order valence-electron chi connectivity index (χ0n) is 13.0. The van der Waals surface area contributed by atoms with Gasteiger partial charge in [0.2, 0.25) is 10.0 Å². The third kappa shape index (κ3) is 3.87. The summed E-state index contributed by atoms with van der Waals surface area (Å²) in [6, 6.07) is 16.2. The van der Waals surface area contributed by atoms with E-state index in [-0.39, 0.29) is 10.3 Å². The van der Waals surface area contributed by atoms with Crippen LogP contribution < -0.4 is 9.46 Å². The summed E-state index contributed by atoms with van der Waals surface area (Å²) >= 11 is 0. The Labute approximate surface area is 132 Å². The van der Waals surface area contributed by atoms with Crippen LogP contribution in [0.4, 0.5) is 0 Å². The average molecular weight is 319 g/mol. The predicted molar refractivity (Wildman–Crippen MR) is 87.7 cm³/mol. The van der Waals surface area contributed by atoms with Gasteiger partial charge in [0, 0.05) is 12.0 Å². The minimum atomic E-state index is -3.53. The molecule has 2 aromatic rings. The van der Waals surface area contributed by atoms with Gasteiger partial charge in [0.1, 0.15) is 5.75 Å². The van der Waals surface area contributed by atoms with Crippen LogP contribution >= 0.6 is 0 Å². The summed E-state index contributed by atoms with van der Waals surface area (Å²) in [6.45, 7) is 4.35. The molecule has 0 amide bonds. The van der Waals surface area contributed by atoms with E-state index in [1.165, 1.54) is 12.1 Å². The monoisotopic (exact) mass is 319 g/mol. The van der Waals surface area contributed by atoms with E-state index in [0.29, 0.717) is 12.3 Å². The van der Waals surface area contributed by atoms with Gasteiger partial charge in [0.15, 0.2) is 0 Å². The fraction of sp³-hybridized carbons (Fsp3) is 0.294. The molecule has 0 heterocycles. The molecule has 5 heteroatoms. The Balaban J connectivity index is 2.12. The molecule has 22 heavy (non-hydrogen) atoms. The molecule has 0 aliphatic carbocycles. The van der Waals surface area contributed by atoms with Crippen molar-refractivity contribution >= 4 is 10.0 Å². The van der Waals surface area contributed by atoms with E-state index in [9.17, 15) is 8.42 Å². The Morgan fingerprint density at radius 2 is 1.59 bits per heavy atom. The molecule has 1 N–H and O–H groups in total. The topological polar surface area (TPSA) is 55.4 Å². The number of rotatable bonds is 6. The third-order valence-electron chi connectivity index (χ3n) is 3.63. The lowest BCUT2D eigenvalue weighted by molar-refractivity contribution is 0.414. The lowest BCUT2D eigenvalue weighted by atomic mass is 9.85. The van der Waals surface area contributed by atoms with Crippen molar-refractivity contribution in [3.63, 3.8) is 0 Å². The van der Waals surface area contributed by atoms with Crippen LogP contribution in [0.1, 0.15) is 19.4 Å². The van der Waals surface area contributed by atoms with Crippen LogP contribution in [0, 0.1) is 0 Å². The molecular weight excluding hydrogens is 298 g/mol. The quantitative estimate of drug-likeness (QED) is 0.890. The zero-order chi connectivity index (χ0) is 16.2. The van der Waals surface area contributed by atoms with Crippen LogP contribution in [0.2, 0.25) is 0 Å². The lowest BCUT2D eigenvalue weighted by Gasteiger charge is -2.25. The molecule has 0 aromatic heterocycles. The molecule has 118 valence electrons. The molecule has 0 bridgehead atoms. The summed E-state index contributed by atoms with van der Waals surface area (Å²) in [4.78, 5) is 0.233. The molecule has 0 atom stereocenters. The van der Waals surface area contributed by atoms with Gasteiger partial charge in [0.05, 0.1) is 12.0 Å². The third-order valence-corrected chi connectivity index (χ3v) is 5.05. The normalized spacial score (nSPS) is 12.1. The van der Waals surface area contributed by atoms with Crippen molar-refractivity contribution < 1.29 is 13.2 Å². The van der Waals surface area contributed by atoms with E-state index in [4.69, 9.17) is 4.74 Å². The number of benzene rings is 2. The fourth-order valence-corrected chi connectivity index (χ4v) is 3.32. The van der Waals surface area contributed by atoms with Crippen LogP contribution in [0.3, 0.4) is 0 Å². The molecule has 0 aliphatic heterocycles. The summed E-state index contributed by atoms with van der Waals surface area (Å²) in [5.74, 6) is 0.628. The first kappa shape index (κ1) is 16.5. The Morgan fingerprint density at radius 1 is 1.00 bits per heavy atom. The van der Waals surface area contributed by atoms with Crippen LogP contribution in [0.5, 0.6) is 5.75 Å². The Hall–Kier alpha value is -1.85. The van der Waals surface area contributed by atoms with Gasteiger partial charge in [-0.2, -0.15) is 0 Å². The van der Waals surface area contributed by atoms with E-state index in [2.05, 4.69) is 4.72 Å². The Morgan fingerprint density at radius 3 is 2.14 bits per heavy atom. The van der Waals surface area contributed by atoms with Crippen molar-refractivity contribution in [2.45, 2.75) is 24.2 Å². The van der Waals surface area contributed by atoms with Crippen LogP contribution in [-0.2, 0) is 15.4 Å². The van der Waals surface area contributed by atoms with Gasteiger partial charge in [-0.1, -0.05) is 44.2 Å². The number of hydrogen-bond donors (Lipinski definition) is 1. The maximum atomic E-state index is 12.4. The molecule has 4 nitrogen and oxygen atoms in total. The highest BCUT2D eigenvalue weighted by molar-refractivity contribution is 7.89. The van der Waals surface area contributed by atoms with Gasteiger partial charge >= 0.3 is 0 Å². The lowest BCUT2D eigenvalue weighted by Crippen LogP contribution is -2.36. The van der Waals surface area contributed by atoms with Crippen LogP contribution in [0.25, 0.3) is 0 Å². The molecule has 0 fully saturated rings. The standard InChI is InChI=1S/C17H21NO3S/c1-17(2,14-7-5-4-6-8-14)13-18-22(19,20)16-11-9-15(21-3)10-12-16/h4-12,18H,13H2,1-3H3. The highest BCUT2D eigenvalue weighted by Crippen LogP contribution is 2.23. The molecule has 2 aromatic carbocycles. The molecule has 0 spiro atoms. The zero-order valence-corrected chi connectivity index (χ0v) is 13.9. The van der Waals surface area contributed by atoms with Crippen molar-refractivity contribution in [2.75, 3.05) is 13.7 Å². The first-order valence-electron chi connectivity index (χ1n) is 7.04. The van der Waals surface area contributed by atoms with Gasteiger partial charge in [0.25, 0.3) is 0 Å². The minimum Gasteiger partial charge on any atom is -0.497 e. The first-order chi connectivity index (χ1) is 10.3. The molecular formula is C17H21NO3S. The van der Waals surface area contributed by atoms with E-state index >= 15 is 0 Å². The fourth-order valence-electron chi connectivity index (χ4n) is 2.11. The second-order valence-corrected chi connectivity index (χ2v) is 7.52. The van der Waals surface area contributed by atoms with Crippen LogP contribution in [0.15, 0.2) is 59.5 Å². The number of methoxy groups -OCH3 is 1. The van der Waals surface area contributed by atoms with E-state index < -0.39 is 10.0 Å². The van der Waals surface area contributed by atoms with Gasteiger partial charge in [-0.3, -0.25) is 0 Å². The maximum absolute atomic E-state index is 12.4. The van der Waals surface area contributed by atoms with Crippen molar-refractivity contribution in [3.05, 3.63) is 60.2 Å². The minimum absolute atomic E-state index is 0.233. The summed E-state index contributed by atoms with van der Waals surface area (Å²) in [5, 5.41) is 0. The Kier molecular flexibility index (Phi) is 4.88. The molecule has 0 saturated carbocycles. The number of sulfonamides is 1. The first-order valence-corrected chi connectivity index (χ1v) is 8.53. The highest BCUT2D eigenvalue weighted by atomic mass is 32.2. The van der Waals surface area contributed by atoms with Crippen molar-refractivity contribution in [1.82, 2.24) is 4.72 Å². The molecule has 0 aliphatic rings. The number of hydrogen-bond acceptors (Lipinski definition) is 3. The number of ether oxygens (including phenoxy) is 1. The van der Waals surface area contributed by atoms with Crippen LogP contribution in [-0.4, -0.2) is 22.1 Å². The molecule has 0 unspecified atom stereocenters. The van der Waals surface area contributed by atoms with E-state index in [0.717, 1.165) is 5.56 Å². The van der Waals surface area contributed by atoms with E-state index in [1.54, 1.807) is 19.2 Å². The molecule has 0 radical (unpaired) electrons. The smallest absolute Gasteiger partial charge is 0.240 e. The number of nitrogens with one attached hydrogen (secondary N) is 1. The van der Waals surface area contributed by atoms with Crippen molar-refractivity contribution in [1.29, 1.82) is 0 Å². The second kappa shape index (κ2) is 6.50. The summed E-state index contributed by atoms with van der Waals surface area (Å²) in [5.41, 5.74) is 0.799. The summed E-state index contributed by atoms with van der Waals surface area (Å²) < 4.78 is 32.4. The maximum Gasteiger partial charge on any atom is 0.240 e. The Bertz CT molecular complexity index is 707. The van der Waals surface area contributed by atoms with Crippen molar-refractivity contribution in [3.8, 4) is 5.75 Å². The predicted octanol–water partition coefficient (Wildman–Crippen LogP) is 2.95.